The van der Waals surface area contributed by atoms with Gasteiger partial charge in [-0.05, 0) is 36.1 Å². The topological polar surface area (TPSA) is 62.3 Å². The van der Waals surface area contributed by atoms with E-state index < -0.39 is 5.97 Å². The Balaban J connectivity index is 1.72. The van der Waals surface area contributed by atoms with Gasteiger partial charge >= 0.3 is 5.97 Å². The first-order chi connectivity index (χ1) is 12.1. The number of carboxylic acid groups (broad SMARTS) is 1. The Kier molecular flexibility index (Phi) is 4.24. The molecule has 2 N–H and O–H groups in total. The van der Waals surface area contributed by atoms with Gasteiger partial charge in [0.05, 0.1) is 17.2 Å². The summed E-state index contributed by atoms with van der Waals surface area (Å²) in [5, 5.41) is 10.6. The minimum atomic E-state index is -0.952. The van der Waals surface area contributed by atoms with Gasteiger partial charge in [0.2, 0.25) is 0 Å². The summed E-state index contributed by atoms with van der Waals surface area (Å²) in [5.41, 5.74) is 4.06. The number of H-pyrrole nitrogens is 1. The third-order valence-corrected chi connectivity index (χ3v) is 5.17. The van der Waals surface area contributed by atoms with Crippen LogP contribution in [0, 0.1) is 0 Å². The second-order valence-electron chi connectivity index (χ2n) is 6.42. The van der Waals surface area contributed by atoms with Crippen molar-refractivity contribution < 1.29 is 14.6 Å². The average molecular weight is 356 g/mol. The van der Waals surface area contributed by atoms with Crippen molar-refractivity contribution >= 4 is 28.5 Å². The summed E-state index contributed by atoms with van der Waals surface area (Å²) < 4.78 is 5.57. The zero-order valence-corrected chi connectivity index (χ0v) is 14.3. The average Bonchev–Trinajstić information content (AvgIpc) is 3.05. The van der Waals surface area contributed by atoms with E-state index in [0.29, 0.717) is 16.3 Å². The molecule has 0 amide bonds. The first-order valence-electron chi connectivity index (χ1n) is 8.35. The van der Waals surface area contributed by atoms with Crippen molar-refractivity contribution in [1.29, 1.82) is 0 Å². The lowest BCUT2D eigenvalue weighted by molar-refractivity contribution is 0.0699. The fourth-order valence-electron chi connectivity index (χ4n) is 3.48. The van der Waals surface area contributed by atoms with Crippen LogP contribution >= 0.6 is 11.6 Å². The van der Waals surface area contributed by atoms with E-state index in [-0.39, 0.29) is 5.56 Å². The molecule has 1 aromatic heterocycles. The maximum atomic E-state index is 11.4. The van der Waals surface area contributed by atoms with Crippen molar-refractivity contribution in [3.8, 4) is 11.1 Å². The first kappa shape index (κ1) is 16.2. The molecule has 2 heterocycles. The van der Waals surface area contributed by atoms with Crippen LogP contribution in [0.2, 0.25) is 5.02 Å². The van der Waals surface area contributed by atoms with Gasteiger partial charge in [-0.3, -0.25) is 0 Å². The Labute approximate surface area is 150 Å². The number of carboxylic acids is 1. The molecule has 5 heteroatoms. The Morgan fingerprint density at radius 2 is 2.04 bits per heavy atom. The number of carbonyl (C=O) groups is 1. The van der Waals surface area contributed by atoms with Crippen LogP contribution in [0.3, 0.4) is 0 Å². The van der Waals surface area contributed by atoms with E-state index >= 15 is 0 Å². The smallest absolute Gasteiger partial charge is 0.337 e. The van der Waals surface area contributed by atoms with E-state index in [0.717, 1.165) is 42.7 Å². The quantitative estimate of drug-likeness (QED) is 0.688. The lowest BCUT2D eigenvalue weighted by Crippen LogP contribution is -2.15. The molecular formula is C20H18ClNO3. The molecule has 0 spiro atoms. The summed E-state index contributed by atoms with van der Waals surface area (Å²) in [5.74, 6) is -0.504. The van der Waals surface area contributed by atoms with Gasteiger partial charge in [-0.1, -0.05) is 35.9 Å². The number of ether oxygens (including phenoxy) is 1. The molecular weight excluding hydrogens is 338 g/mol. The number of hydrogen-bond donors (Lipinski definition) is 2. The molecule has 0 bridgehead atoms. The molecule has 0 saturated carbocycles. The molecule has 1 atom stereocenters. The van der Waals surface area contributed by atoms with Crippen molar-refractivity contribution in [3.63, 3.8) is 0 Å². The molecule has 1 saturated heterocycles. The molecule has 1 aliphatic rings. The highest BCUT2D eigenvalue weighted by Crippen LogP contribution is 2.34. The number of aromatic nitrogens is 1. The molecule has 0 aliphatic carbocycles. The highest BCUT2D eigenvalue weighted by molar-refractivity contribution is 6.34. The summed E-state index contributed by atoms with van der Waals surface area (Å²) in [6.45, 7) is 1.63. The van der Waals surface area contributed by atoms with Crippen LogP contribution in [-0.4, -0.2) is 29.3 Å². The minimum Gasteiger partial charge on any atom is -0.478 e. The van der Waals surface area contributed by atoms with Crippen molar-refractivity contribution in [1.82, 2.24) is 4.98 Å². The number of aromatic carboxylic acids is 1. The van der Waals surface area contributed by atoms with Gasteiger partial charge in [0.1, 0.15) is 0 Å². The van der Waals surface area contributed by atoms with Crippen molar-refractivity contribution in [2.45, 2.75) is 18.8 Å². The van der Waals surface area contributed by atoms with Gasteiger partial charge in [-0.25, -0.2) is 4.79 Å². The highest BCUT2D eigenvalue weighted by atomic mass is 35.5. The van der Waals surface area contributed by atoms with Crippen LogP contribution in [0.5, 0.6) is 0 Å². The number of rotatable bonds is 3. The molecule has 0 radical (unpaired) electrons. The third kappa shape index (κ3) is 3.03. The largest absolute Gasteiger partial charge is 0.478 e. The van der Waals surface area contributed by atoms with E-state index in [1.807, 2.05) is 18.2 Å². The van der Waals surface area contributed by atoms with Gasteiger partial charge in [0.15, 0.2) is 0 Å². The van der Waals surface area contributed by atoms with Crippen molar-refractivity contribution in [2.24, 2.45) is 0 Å². The Hall–Kier alpha value is -2.30. The fourth-order valence-corrected chi connectivity index (χ4v) is 3.75. The van der Waals surface area contributed by atoms with E-state index in [4.69, 9.17) is 16.3 Å². The van der Waals surface area contributed by atoms with E-state index in [9.17, 15) is 9.90 Å². The van der Waals surface area contributed by atoms with Crippen LogP contribution in [0.15, 0.2) is 42.6 Å². The number of aromatic amines is 1. The maximum absolute atomic E-state index is 11.4. The van der Waals surface area contributed by atoms with Crippen LogP contribution < -0.4 is 0 Å². The minimum absolute atomic E-state index is 0.254. The zero-order chi connectivity index (χ0) is 17.4. The van der Waals surface area contributed by atoms with Gasteiger partial charge in [0.25, 0.3) is 0 Å². The van der Waals surface area contributed by atoms with Gasteiger partial charge in [-0.15, -0.1) is 0 Å². The first-order valence-corrected chi connectivity index (χ1v) is 8.73. The van der Waals surface area contributed by atoms with Gasteiger partial charge in [0, 0.05) is 35.2 Å². The molecule has 4 nitrogen and oxygen atoms in total. The maximum Gasteiger partial charge on any atom is 0.337 e. The van der Waals surface area contributed by atoms with Crippen LogP contribution in [0.1, 0.15) is 34.7 Å². The number of nitrogens with one attached hydrogen (secondary N) is 1. The molecule has 3 aromatic rings. The Morgan fingerprint density at radius 1 is 1.24 bits per heavy atom. The SMILES string of the molecule is O=C(O)c1c[nH]c2cc(Cl)c(-c3ccc([C@@H]4CCCOC4)cc3)cc12. The zero-order valence-electron chi connectivity index (χ0n) is 13.6. The number of hydrogen-bond acceptors (Lipinski definition) is 2. The molecule has 1 fully saturated rings. The van der Waals surface area contributed by atoms with Crippen molar-refractivity contribution in [3.05, 3.63) is 58.7 Å². The van der Waals surface area contributed by atoms with Crippen molar-refractivity contribution in [2.75, 3.05) is 13.2 Å². The number of benzene rings is 2. The third-order valence-electron chi connectivity index (χ3n) is 4.85. The normalized spacial score (nSPS) is 17.7. The predicted molar refractivity (Wildman–Crippen MR) is 98.5 cm³/mol. The lowest BCUT2D eigenvalue weighted by atomic mass is 9.92. The number of halogens is 1. The van der Waals surface area contributed by atoms with E-state index in [1.54, 1.807) is 6.07 Å². The summed E-state index contributed by atoms with van der Waals surface area (Å²) in [7, 11) is 0. The van der Waals surface area contributed by atoms with Crippen LogP contribution in [-0.2, 0) is 4.74 Å². The van der Waals surface area contributed by atoms with E-state index in [2.05, 4.69) is 17.1 Å². The summed E-state index contributed by atoms with van der Waals surface area (Å²) >= 11 is 6.43. The molecule has 1 aliphatic heterocycles. The van der Waals surface area contributed by atoms with Gasteiger partial charge in [-0.2, -0.15) is 0 Å². The summed E-state index contributed by atoms with van der Waals surface area (Å²) in [6.07, 6.45) is 3.75. The monoisotopic (exact) mass is 355 g/mol. The molecule has 128 valence electrons. The second-order valence-corrected chi connectivity index (χ2v) is 6.83. The van der Waals surface area contributed by atoms with Gasteiger partial charge < -0.3 is 14.8 Å². The number of fused-ring (bicyclic) bond motifs is 1. The molecule has 25 heavy (non-hydrogen) atoms. The molecule has 0 unspecified atom stereocenters. The predicted octanol–water partition coefficient (Wildman–Crippen LogP) is 5.08. The van der Waals surface area contributed by atoms with E-state index in [1.165, 1.54) is 11.8 Å². The Morgan fingerprint density at radius 3 is 2.72 bits per heavy atom. The van der Waals surface area contributed by atoms with Crippen LogP contribution in [0.4, 0.5) is 0 Å². The second kappa shape index (κ2) is 6.54. The standard InChI is InChI=1S/C20H18ClNO3/c21-18-9-19-16(17(10-22-19)20(23)24)8-15(18)13-5-3-12(4-6-13)14-2-1-7-25-11-14/h3-6,8-10,14,22H,1-2,7,11H2,(H,23,24)/t14-/m1/s1. The van der Waals surface area contributed by atoms with Crippen LogP contribution in [0.25, 0.3) is 22.0 Å². The lowest BCUT2D eigenvalue weighted by Gasteiger charge is -2.22. The molecule has 2 aromatic carbocycles. The Bertz CT molecular complexity index is 924. The summed E-state index contributed by atoms with van der Waals surface area (Å²) in [6, 6.07) is 11.9. The summed E-state index contributed by atoms with van der Waals surface area (Å²) in [4.78, 5) is 14.3. The highest BCUT2D eigenvalue weighted by Gasteiger charge is 2.17. The fraction of sp³-hybridized carbons (Fsp3) is 0.250. The molecule has 4 rings (SSSR count).